The summed E-state index contributed by atoms with van der Waals surface area (Å²) in [5.74, 6) is -0.399. The Kier molecular flexibility index (Phi) is 7.18. The normalized spacial score (nSPS) is 16.1. The fourth-order valence-electron chi connectivity index (χ4n) is 2.92. The van der Waals surface area contributed by atoms with Crippen LogP contribution in [0.25, 0.3) is 0 Å². The molecule has 0 aliphatic carbocycles. The second-order valence-electron chi connectivity index (χ2n) is 5.97. The summed E-state index contributed by atoms with van der Waals surface area (Å²) in [4.78, 5) is 25.8. The number of piperidine rings is 1. The molecule has 1 N–H and O–H groups in total. The van der Waals surface area contributed by atoms with Crippen LogP contribution in [-0.2, 0) is 20.7 Å². The van der Waals surface area contributed by atoms with Gasteiger partial charge in [-0.25, -0.2) is 4.39 Å². The van der Waals surface area contributed by atoms with Crippen LogP contribution in [0.1, 0.15) is 31.7 Å². The summed E-state index contributed by atoms with van der Waals surface area (Å²) in [6.07, 6.45) is 2.90. The van der Waals surface area contributed by atoms with Crippen molar-refractivity contribution >= 4 is 11.8 Å². The second-order valence-corrected chi connectivity index (χ2v) is 5.97. The van der Waals surface area contributed by atoms with E-state index in [0.717, 1.165) is 18.4 Å². The first-order chi connectivity index (χ1) is 11.6. The van der Waals surface area contributed by atoms with Crippen LogP contribution in [0.15, 0.2) is 24.3 Å². The highest BCUT2D eigenvalue weighted by molar-refractivity contribution is 5.78. The average Bonchev–Trinajstić information content (AvgIpc) is 2.57. The molecule has 1 aliphatic rings. The summed E-state index contributed by atoms with van der Waals surface area (Å²) in [5, 5.41) is 2.82. The summed E-state index contributed by atoms with van der Waals surface area (Å²) in [5.41, 5.74) is 0.817. The molecule has 0 spiro atoms. The number of nitrogens with one attached hydrogen (secondary N) is 1. The summed E-state index contributed by atoms with van der Waals surface area (Å²) < 4.78 is 18.5. The van der Waals surface area contributed by atoms with Crippen molar-refractivity contribution in [2.24, 2.45) is 0 Å². The van der Waals surface area contributed by atoms with Gasteiger partial charge in [-0.3, -0.25) is 9.59 Å². The summed E-state index contributed by atoms with van der Waals surface area (Å²) in [6.45, 7) is 3.34. The lowest BCUT2D eigenvalue weighted by atomic mass is 10.0. The molecule has 1 atom stereocenters. The standard InChI is InChI=1S/C18H25FN2O3/c1-2-24-13-17(22)20-12-16(21-9-4-3-8-18(21)23)11-14-6-5-7-15(19)10-14/h5-7,10,16H,2-4,8-9,11-13H2,1H3,(H,20,22)/t16-/m0/s1. The fraction of sp³-hybridized carbons (Fsp3) is 0.556. The maximum absolute atomic E-state index is 13.4. The van der Waals surface area contributed by atoms with Crippen molar-refractivity contribution in [3.63, 3.8) is 0 Å². The zero-order valence-corrected chi connectivity index (χ0v) is 14.1. The van der Waals surface area contributed by atoms with Gasteiger partial charge in [-0.15, -0.1) is 0 Å². The Balaban J connectivity index is 2.03. The van der Waals surface area contributed by atoms with Gasteiger partial charge in [0.15, 0.2) is 0 Å². The van der Waals surface area contributed by atoms with Gasteiger partial charge in [0, 0.05) is 26.1 Å². The van der Waals surface area contributed by atoms with Crippen LogP contribution in [0, 0.1) is 5.82 Å². The SMILES string of the molecule is CCOCC(=O)NC[C@H](Cc1cccc(F)c1)N1CCCCC1=O. The lowest BCUT2D eigenvalue weighted by molar-refractivity contribution is -0.136. The molecular formula is C18H25FN2O3. The molecule has 0 unspecified atom stereocenters. The van der Waals surface area contributed by atoms with Crippen LogP contribution in [0.3, 0.4) is 0 Å². The minimum absolute atomic E-state index is 0.0110. The van der Waals surface area contributed by atoms with E-state index >= 15 is 0 Å². The number of nitrogens with zero attached hydrogens (tertiary/aromatic N) is 1. The van der Waals surface area contributed by atoms with Gasteiger partial charge in [0.25, 0.3) is 0 Å². The molecule has 0 radical (unpaired) electrons. The molecule has 0 bridgehead atoms. The molecule has 6 heteroatoms. The number of carbonyl (C=O) groups excluding carboxylic acids is 2. The molecule has 2 rings (SSSR count). The predicted molar refractivity (Wildman–Crippen MR) is 89.0 cm³/mol. The first-order valence-electron chi connectivity index (χ1n) is 8.48. The number of likely N-dealkylation sites (tertiary alicyclic amines) is 1. The van der Waals surface area contributed by atoms with Gasteiger partial charge in [-0.05, 0) is 43.9 Å². The van der Waals surface area contributed by atoms with Crippen molar-refractivity contribution < 1.29 is 18.7 Å². The topological polar surface area (TPSA) is 58.6 Å². The van der Waals surface area contributed by atoms with Crippen LogP contribution < -0.4 is 5.32 Å². The number of hydrogen-bond acceptors (Lipinski definition) is 3. The molecule has 0 saturated carbocycles. The van der Waals surface area contributed by atoms with Crippen molar-refractivity contribution in [3.8, 4) is 0 Å². The van der Waals surface area contributed by atoms with Gasteiger partial charge in [-0.1, -0.05) is 12.1 Å². The zero-order valence-electron chi connectivity index (χ0n) is 14.1. The first-order valence-corrected chi connectivity index (χ1v) is 8.48. The molecule has 132 valence electrons. The number of carbonyl (C=O) groups is 2. The van der Waals surface area contributed by atoms with E-state index in [2.05, 4.69) is 5.32 Å². The van der Waals surface area contributed by atoms with Gasteiger partial charge < -0.3 is 15.0 Å². The summed E-state index contributed by atoms with van der Waals surface area (Å²) in [7, 11) is 0. The molecule has 1 aromatic rings. The summed E-state index contributed by atoms with van der Waals surface area (Å²) in [6, 6.07) is 6.20. The van der Waals surface area contributed by atoms with Crippen molar-refractivity contribution in [2.45, 2.75) is 38.6 Å². The van der Waals surface area contributed by atoms with Crippen molar-refractivity contribution in [1.82, 2.24) is 10.2 Å². The van der Waals surface area contributed by atoms with Crippen LogP contribution in [0.5, 0.6) is 0 Å². The Morgan fingerprint density at radius 2 is 2.25 bits per heavy atom. The number of amides is 2. The third kappa shape index (κ3) is 5.60. The number of halogens is 1. The molecule has 1 aliphatic heterocycles. The van der Waals surface area contributed by atoms with Crippen LogP contribution in [-0.4, -0.2) is 49.1 Å². The van der Waals surface area contributed by atoms with E-state index in [1.165, 1.54) is 12.1 Å². The van der Waals surface area contributed by atoms with E-state index in [1.54, 1.807) is 6.07 Å². The first kappa shape index (κ1) is 18.4. The lowest BCUT2D eigenvalue weighted by Crippen LogP contribution is -2.50. The van der Waals surface area contributed by atoms with Gasteiger partial charge in [0.05, 0.1) is 6.04 Å². The maximum Gasteiger partial charge on any atom is 0.246 e. The van der Waals surface area contributed by atoms with E-state index in [9.17, 15) is 14.0 Å². The molecular weight excluding hydrogens is 311 g/mol. The van der Waals surface area contributed by atoms with E-state index < -0.39 is 0 Å². The molecule has 1 saturated heterocycles. The fourth-order valence-corrected chi connectivity index (χ4v) is 2.92. The molecule has 2 amide bonds. The van der Waals surface area contributed by atoms with Crippen molar-refractivity contribution in [3.05, 3.63) is 35.6 Å². The van der Waals surface area contributed by atoms with E-state index in [1.807, 2.05) is 17.9 Å². The molecule has 1 fully saturated rings. The van der Waals surface area contributed by atoms with Crippen LogP contribution in [0.2, 0.25) is 0 Å². The van der Waals surface area contributed by atoms with Gasteiger partial charge in [0.1, 0.15) is 12.4 Å². The molecule has 0 aromatic heterocycles. The predicted octanol–water partition coefficient (Wildman–Crippen LogP) is 1.90. The Labute approximate surface area is 142 Å². The number of ether oxygens (including phenoxy) is 1. The lowest BCUT2D eigenvalue weighted by Gasteiger charge is -2.35. The molecule has 1 aromatic carbocycles. The second kappa shape index (κ2) is 9.37. The Hall–Kier alpha value is -1.95. The van der Waals surface area contributed by atoms with Crippen LogP contribution in [0.4, 0.5) is 4.39 Å². The smallest absolute Gasteiger partial charge is 0.246 e. The van der Waals surface area contributed by atoms with E-state index in [0.29, 0.717) is 32.5 Å². The Morgan fingerprint density at radius 3 is 2.96 bits per heavy atom. The van der Waals surface area contributed by atoms with E-state index in [-0.39, 0.29) is 30.3 Å². The number of rotatable bonds is 8. The Morgan fingerprint density at radius 1 is 1.42 bits per heavy atom. The maximum atomic E-state index is 13.4. The van der Waals surface area contributed by atoms with Gasteiger partial charge >= 0.3 is 0 Å². The zero-order chi connectivity index (χ0) is 17.4. The average molecular weight is 336 g/mol. The minimum Gasteiger partial charge on any atom is -0.372 e. The monoisotopic (exact) mass is 336 g/mol. The molecule has 5 nitrogen and oxygen atoms in total. The van der Waals surface area contributed by atoms with Crippen molar-refractivity contribution in [1.29, 1.82) is 0 Å². The van der Waals surface area contributed by atoms with E-state index in [4.69, 9.17) is 4.74 Å². The highest BCUT2D eigenvalue weighted by Crippen LogP contribution is 2.17. The summed E-state index contributed by atoms with van der Waals surface area (Å²) >= 11 is 0. The largest absolute Gasteiger partial charge is 0.372 e. The van der Waals surface area contributed by atoms with Gasteiger partial charge in [-0.2, -0.15) is 0 Å². The quantitative estimate of drug-likeness (QED) is 0.789. The number of hydrogen-bond donors (Lipinski definition) is 1. The van der Waals surface area contributed by atoms with Crippen LogP contribution >= 0.6 is 0 Å². The van der Waals surface area contributed by atoms with Crippen molar-refractivity contribution in [2.75, 3.05) is 26.3 Å². The number of benzene rings is 1. The third-order valence-corrected chi connectivity index (χ3v) is 4.13. The Bertz CT molecular complexity index is 565. The minimum atomic E-state index is -0.295. The molecule has 1 heterocycles. The van der Waals surface area contributed by atoms with Gasteiger partial charge in [0.2, 0.25) is 11.8 Å². The molecule has 24 heavy (non-hydrogen) atoms. The third-order valence-electron chi connectivity index (χ3n) is 4.13. The highest BCUT2D eigenvalue weighted by atomic mass is 19.1. The highest BCUT2D eigenvalue weighted by Gasteiger charge is 2.26.